The zero-order chi connectivity index (χ0) is 13.1. The molecule has 1 aromatic heterocycles. The highest BCUT2D eigenvalue weighted by molar-refractivity contribution is 7.09. The van der Waals surface area contributed by atoms with Crippen molar-refractivity contribution >= 4 is 11.3 Å². The van der Waals surface area contributed by atoms with Gasteiger partial charge in [-0.2, -0.15) is 0 Å². The van der Waals surface area contributed by atoms with Crippen LogP contribution in [0.1, 0.15) is 44.8 Å². The lowest BCUT2D eigenvalue weighted by atomic mass is 10.1. The van der Waals surface area contributed by atoms with Gasteiger partial charge in [-0.1, -0.05) is 20.8 Å². The summed E-state index contributed by atoms with van der Waals surface area (Å²) in [5.41, 5.74) is 1.24. The molecule has 1 aliphatic rings. The van der Waals surface area contributed by atoms with Crippen LogP contribution >= 0.6 is 11.3 Å². The van der Waals surface area contributed by atoms with Crippen molar-refractivity contribution in [2.75, 3.05) is 6.54 Å². The lowest BCUT2D eigenvalue weighted by Crippen LogP contribution is -2.26. The second-order valence-corrected chi connectivity index (χ2v) is 6.83. The summed E-state index contributed by atoms with van der Waals surface area (Å²) < 4.78 is 0. The van der Waals surface area contributed by atoms with Gasteiger partial charge in [0, 0.05) is 37.1 Å². The van der Waals surface area contributed by atoms with Crippen molar-refractivity contribution in [2.24, 2.45) is 5.92 Å². The van der Waals surface area contributed by atoms with Crippen molar-refractivity contribution in [1.82, 2.24) is 15.2 Å². The smallest absolute Gasteiger partial charge is 0.107 e. The summed E-state index contributed by atoms with van der Waals surface area (Å²) in [6.45, 7) is 12.1. The van der Waals surface area contributed by atoms with Gasteiger partial charge in [0.15, 0.2) is 0 Å². The second kappa shape index (κ2) is 6.13. The third-order valence-electron chi connectivity index (χ3n) is 3.54. The fourth-order valence-corrected chi connectivity index (χ4v) is 3.34. The number of hydrogen-bond acceptors (Lipinski definition) is 4. The van der Waals surface area contributed by atoms with E-state index >= 15 is 0 Å². The Hall–Kier alpha value is -0.450. The zero-order valence-electron chi connectivity index (χ0n) is 11.9. The Balaban J connectivity index is 1.86. The summed E-state index contributed by atoms with van der Waals surface area (Å²) in [5.74, 6) is 0.834. The van der Waals surface area contributed by atoms with Gasteiger partial charge in [0.1, 0.15) is 5.01 Å². The molecule has 0 spiro atoms. The highest BCUT2D eigenvalue weighted by atomic mass is 32.1. The van der Waals surface area contributed by atoms with Crippen LogP contribution in [0.5, 0.6) is 0 Å². The Kier molecular flexibility index (Phi) is 4.76. The molecule has 18 heavy (non-hydrogen) atoms. The Labute approximate surface area is 115 Å². The van der Waals surface area contributed by atoms with E-state index in [-0.39, 0.29) is 0 Å². The van der Waals surface area contributed by atoms with Gasteiger partial charge in [-0.15, -0.1) is 11.3 Å². The predicted molar refractivity (Wildman–Crippen MR) is 77.7 cm³/mol. The molecule has 2 atom stereocenters. The van der Waals surface area contributed by atoms with Gasteiger partial charge in [0.25, 0.3) is 0 Å². The fraction of sp³-hybridized carbons (Fsp3) is 0.786. The number of hydrogen-bond donors (Lipinski definition) is 1. The summed E-state index contributed by atoms with van der Waals surface area (Å²) in [7, 11) is 0. The molecule has 4 heteroatoms. The molecule has 1 saturated heterocycles. The molecule has 1 N–H and O–H groups in total. The number of thiazole rings is 1. The molecule has 1 fully saturated rings. The summed E-state index contributed by atoms with van der Waals surface area (Å²) in [6, 6.07) is 1.23. The molecule has 1 aliphatic heterocycles. The largest absolute Gasteiger partial charge is 0.308 e. The Bertz CT molecular complexity index is 375. The predicted octanol–water partition coefficient (Wildman–Crippen LogP) is 2.87. The third-order valence-corrected chi connectivity index (χ3v) is 4.44. The van der Waals surface area contributed by atoms with Crippen LogP contribution < -0.4 is 5.32 Å². The van der Waals surface area contributed by atoms with Crippen molar-refractivity contribution in [2.45, 2.75) is 59.3 Å². The van der Waals surface area contributed by atoms with E-state index in [1.54, 1.807) is 11.3 Å². The minimum absolute atomic E-state index is 0.525. The summed E-state index contributed by atoms with van der Waals surface area (Å²) >= 11 is 1.78. The van der Waals surface area contributed by atoms with E-state index < -0.39 is 0 Å². The standard InChI is InChI=1S/C14H25N3S/c1-10(2)15-6-14-16-13(9-18-14)8-17-7-11(3)5-12(17)4/h9-12,15H,5-8H2,1-4H3. The minimum Gasteiger partial charge on any atom is -0.308 e. The van der Waals surface area contributed by atoms with Crippen LogP contribution in [0.2, 0.25) is 0 Å². The van der Waals surface area contributed by atoms with E-state index in [1.807, 2.05) is 0 Å². The number of nitrogens with one attached hydrogen (secondary N) is 1. The molecule has 2 rings (SSSR count). The first-order chi connectivity index (χ1) is 8.54. The van der Waals surface area contributed by atoms with Gasteiger partial charge in [-0.3, -0.25) is 4.90 Å². The van der Waals surface area contributed by atoms with Crippen LogP contribution in [0.25, 0.3) is 0 Å². The van der Waals surface area contributed by atoms with Crippen LogP contribution in [0, 0.1) is 5.92 Å². The van der Waals surface area contributed by atoms with Crippen molar-refractivity contribution < 1.29 is 0 Å². The van der Waals surface area contributed by atoms with Crippen molar-refractivity contribution in [3.63, 3.8) is 0 Å². The average molecular weight is 267 g/mol. The van der Waals surface area contributed by atoms with E-state index in [1.165, 1.54) is 23.7 Å². The number of rotatable bonds is 5. The molecule has 0 amide bonds. The van der Waals surface area contributed by atoms with Crippen LogP contribution in [0.4, 0.5) is 0 Å². The Morgan fingerprint density at radius 1 is 1.50 bits per heavy atom. The molecule has 2 unspecified atom stereocenters. The van der Waals surface area contributed by atoms with Crippen LogP contribution in [-0.4, -0.2) is 28.5 Å². The highest BCUT2D eigenvalue weighted by Gasteiger charge is 2.26. The Morgan fingerprint density at radius 3 is 2.89 bits per heavy atom. The number of nitrogens with zero attached hydrogens (tertiary/aromatic N) is 2. The first-order valence-corrected chi connectivity index (χ1v) is 7.83. The van der Waals surface area contributed by atoms with Crippen LogP contribution in [0.15, 0.2) is 5.38 Å². The van der Waals surface area contributed by atoms with Crippen LogP contribution in [0.3, 0.4) is 0 Å². The minimum atomic E-state index is 0.525. The average Bonchev–Trinajstić information content (AvgIpc) is 2.84. The summed E-state index contributed by atoms with van der Waals surface area (Å²) in [6.07, 6.45) is 1.33. The molecular weight excluding hydrogens is 242 g/mol. The van der Waals surface area contributed by atoms with Gasteiger partial charge in [0.2, 0.25) is 0 Å². The number of likely N-dealkylation sites (tertiary alicyclic amines) is 1. The Morgan fingerprint density at radius 2 is 2.28 bits per heavy atom. The molecule has 2 heterocycles. The molecule has 0 radical (unpaired) electrons. The molecule has 3 nitrogen and oxygen atoms in total. The SMILES string of the molecule is CC1CC(C)N(Cc2csc(CNC(C)C)n2)C1. The van der Waals surface area contributed by atoms with Crippen molar-refractivity contribution in [3.8, 4) is 0 Å². The molecule has 0 aromatic carbocycles. The van der Waals surface area contributed by atoms with Crippen LogP contribution in [-0.2, 0) is 13.1 Å². The van der Waals surface area contributed by atoms with E-state index in [9.17, 15) is 0 Å². The topological polar surface area (TPSA) is 28.2 Å². The molecule has 0 aliphatic carbocycles. The molecule has 0 saturated carbocycles. The summed E-state index contributed by atoms with van der Waals surface area (Å²) in [5, 5.41) is 6.84. The maximum Gasteiger partial charge on any atom is 0.107 e. The van der Waals surface area contributed by atoms with E-state index in [2.05, 4.69) is 43.3 Å². The summed E-state index contributed by atoms with van der Waals surface area (Å²) in [4.78, 5) is 7.27. The first kappa shape index (κ1) is 14.0. The first-order valence-electron chi connectivity index (χ1n) is 6.95. The number of aromatic nitrogens is 1. The highest BCUT2D eigenvalue weighted by Crippen LogP contribution is 2.24. The lowest BCUT2D eigenvalue weighted by molar-refractivity contribution is 0.254. The normalized spacial score (nSPS) is 25.2. The van der Waals surface area contributed by atoms with Gasteiger partial charge in [0.05, 0.1) is 5.69 Å². The molecular formula is C14H25N3S. The fourth-order valence-electron chi connectivity index (χ4n) is 2.61. The molecule has 102 valence electrons. The zero-order valence-corrected chi connectivity index (χ0v) is 12.8. The van der Waals surface area contributed by atoms with Gasteiger partial charge >= 0.3 is 0 Å². The van der Waals surface area contributed by atoms with E-state index in [0.29, 0.717) is 12.1 Å². The molecule has 1 aromatic rings. The quantitative estimate of drug-likeness (QED) is 0.889. The monoisotopic (exact) mass is 267 g/mol. The maximum absolute atomic E-state index is 4.72. The second-order valence-electron chi connectivity index (χ2n) is 5.89. The lowest BCUT2D eigenvalue weighted by Gasteiger charge is -2.19. The van der Waals surface area contributed by atoms with Crippen molar-refractivity contribution in [3.05, 3.63) is 16.1 Å². The van der Waals surface area contributed by atoms with Gasteiger partial charge in [-0.05, 0) is 19.3 Å². The van der Waals surface area contributed by atoms with E-state index in [4.69, 9.17) is 4.98 Å². The van der Waals surface area contributed by atoms with E-state index in [0.717, 1.165) is 19.0 Å². The van der Waals surface area contributed by atoms with Gasteiger partial charge < -0.3 is 5.32 Å². The van der Waals surface area contributed by atoms with Gasteiger partial charge in [-0.25, -0.2) is 4.98 Å². The third kappa shape index (κ3) is 3.77. The van der Waals surface area contributed by atoms with Crippen molar-refractivity contribution in [1.29, 1.82) is 0 Å². The molecule has 0 bridgehead atoms. The maximum atomic E-state index is 4.72.